The summed E-state index contributed by atoms with van der Waals surface area (Å²) in [4.78, 5) is 12.0. The first-order chi connectivity index (χ1) is 8.13. The molecule has 1 N–H and O–H groups in total. The molecule has 90 valence electrons. The van der Waals surface area contributed by atoms with Gasteiger partial charge in [-0.1, -0.05) is 17.2 Å². The highest BCUT2D eigenvalue weighted by atomic mass is 16.5. The Morgan fingerprint density at radius 3 is 2.88 bits per heavy atom. The van der Waals surface area contributed by atoms with Crippen LogP contribution in [0.15, 0.2) is 4.52 Å². The molecule has 0 saturated heterocycles. The molecular weight excluding hydrogens is 224 g/mol. The highest BCUT2D eigenvalue weighted by Crippen LogP contribution is 2.15. The van der Waals surface area contributed by atoms with Crippen LogP contribution >= 0.6 is 0 Å². The zero-order chi connectivity index (χ0) is 12.4. The summed E-state index contributed by atoms with van der Waals surface area (Å²) in [7, 11) is 1.64. The summed E-state index contributed by atoms with van der Waals surface area (Å²) in [6, 6.07) is 0. The summed E-state index contributed by atoms with van der Waals surface area (Å²) >= 11 is 0. The van der Waals surface area contributed by atoms with E-state index in [1.807, 2.05) is 6.92 Å². The van der Waals surface area contributed by atoms with E-state index in [-0.39, 0.29) is 11.9 Å². The smallest absolute Gasteiger partial charge is 0.263 e. The van der Waals surface area contributed by atoms with Gasteiger partial charge < -0.3 is 4.52 Å². The minimum Gasteiger partial charge on any atom is -0.361 e. The van der Waals surface area contributed by atoms with Crippen LogP contribution in [0.1, 0.15) is 28.7 Å². The molecule has 0 aliphatic rings. The molecule has 2 aromatic rings. The Balaban J connectivity index is 2.26. The van der Waals surface area contributed by atoms with Crippen molar-refractivity contribution in [3.63, 3.8) is 0 Å². The second-order valence-electron chi connectivity index (χ2n) is 3.49. The molecule has 0 spiro atoms. The minimum absolute atomic E-state index is 0.276. The lowest BCUT2D eigenvalue weighted by Gasteiger charge is -2.02. The lowest BCUT2D eigenvalue weighted by molar-refractivity contribution is 0.102. The zero-order valence-corrected chi connectivity index (χ0v) is 9.76. The highest BCUT2D eigenvalue weighted by molar-refractivity contribution is 6.04. The van der Waals surface area contributed by atoms with Crippen LogP contribution in [0.3, 0.4) is 0 Å². The van der Waals surface area contributed by atoms with Crippen LogP contribution < -0.4 is 5.32 Å². The van der Waals surface area contributed by atoms with Gasteiger partial charge in [0.2, 0.25) is 5.95 Å². The van der Waals surface area contributed by atoms with Gasteiger partial charge in [0.1, 0.15) is 11.3 Å². The first kappa shape index (κ1) is 11.2. The van der Waals surface area contributed by atoms with Crippen LogP contribution in [0.25, 0.3) is 0 Å². The summed E-state index contributed by atoms with van der Waals surface area (Å²) < 4.78 is 6.36. The van der Waals surface area contributed by atoms with E-state index < -0.39 is 0 Å². The van der Waals surface area contributed by atoms with Crippen molar-refractivity contribution in [1.29, 1.82) is 0 Å². The molecule has 0 aromatic carbocycles. The van der Waals surface area contributed by atoms with Crippen molar-refractivity contribution in [3.8, 4) is 0 Å². The molecule has 17 heavy (non-hydrogen) atoms. The van der Waals surface area contributed by atoms with Gasteiger partial charge in [0.05, 0.1) is 5.69 Å². The molecule has 0 unspecified atom stereocenters. The van der Waals surface area contributed by atoms with Crippen LogP contribution in [0.4, 0.5) is 5.95 Å². The fourth-order valence-electron chi connectivity index (χ4n) is 1.45. The van der Waals surface area contributed by atoms with Crippen molar-refractivity contribution in [1.82, 2.24) is 25.4 Å². The number of nitrogens with one attached hydrogen (secondary N) is 1. The van der Waals surface area contributed by atoms with Gasteiger partial charge in [-0.2, -0.15) is 0 Å². The summed E-state index contributed by atoms with van der Waals surface area (Å²) in [6.07, 6.45) is 0.622. The summed E-state index contributed by atoms with van der Waals surface area (Å²) in [6.45, 7) is 3.59. The molecule has 2 heterocycles. The number of aromatic nitrogens is 5. The normalized spacial score (nSPS) is 10.5. The molecular formula is C9H12N6O2. The second-order valence-corrected chi connectivity index (χ2v) is 3.49. The van der Waals surface area contributed by atoms with Crippen LogP contribution in [0, 0.1) is 6.92 Å². The maximum Gasteiger partial charge on any atom is 0.263 e. The third-order valence-corrected chi connectivity index (χ3v) is 2.34. The van der Waals surface area contributed by atoms with Crippen molar-refractivity contribution in [2.45, 2.75) is 20.3 Å². The number of anilines is 1. The fourth-order valence-corrected chi connectivity index (χ4v) is 1.45. The molecule has 0 fully saturated rings. The number of carbonyl (C=O) groups excluding carboxylic acids is 1. The van der Waals surface area contributed by atoms with E-state index in [1.54, 1.807) is 14.0 Å². The Hall–Kier alpha value is -2.25. The van der Waals surface area contributed by atoms with Crippen molar-refractivity contribution < 1.29 is 9.32 Å². The van der Waals surface area contributed by atoms with Crippen LogP contribution in [0.5, 0.6) is 0 Å². The van der Waals surface area contributed by atoms with Gasteiger partial charge in [-0.15, -0.1) is 0 Å². The monoisotopic (exact) mass is 236 g/mol. The molecule has 1 amide bonds. The Bertz CT molecular complexity index is 543. The largest absolute Gasteiger partial charge is 0.361 e. The van der Waals surface area contributed by atoms with Crippen LogP contribution in [-0.4, -0.2) is 31.3 Å². The van der Waals surface area contributed by atoms with E-state index in [4.69, 9.17) is 4.52 Å². The summed E-state index contributed by atoms with van der Waals surface area (Å²) in [5, 5.41) is 17.1. The number of aryl methyl sites for hydroxylation is 3. The second kappa shape index (κ2) is 4.32. The molecule has 8 heteroatoms. The van der Waals surface area contributed by atoms with Crippen LogP contribution in [0.2, 0.25) is 0 Å². The molecule has 2 aromatic heterocycles. The Kier molecular flexibility index (Phi) is 2.86. The number of carbonyl (C=O) groups is 1. The minimum atomic E-state index is -0.321. The first-order valence-corrected chi connectivity index (χ1v) is 5.12. The topological polar surface area (TPSA) is 98.7 Å². The molecule has 0 bridgehead atoms. The summed E-state index contributed by atoms with van der Waals surface area (Å²) in [5.41, 5.74) is 1.06. The van der Waals surface area contributed by atoms with Crippen molar-refractivity contribution in [3.05, 3.63) is 17.0 Å². The predicted molar refractivity (Wildman–Crippen MR) is 57.4 cm³/mol. The lowest BCUT2D eigenvalue weighted by atomic mass is 10.1. The number of rotatable bonds is 3. The van der Waals surface area contributed by atoms with Crippen LogP contribution in [-0.2, 0) is 13.5 Å². The van der Waals surface area contributed by atoms with E-state index >= 15 is 0 Å². The third kappa shape index (κ3) is 2.01. The van der Waals surface area contributed by atoms with Gasteiger partial charge in [0.25, 0.3) is 5.91 Å². The molecule has 0 aliphatic heterocycles. The Labute approximate surface area is 97.0 Å². The maximum atomic E-state index is 12.0. The highest BCUT2D eigenvalue weighted by Gasteiger charge is 2.20. The van der Waals surface area contributed by atoms with Gasteiger partial charge in [-0.05, 0) is 23.8 Å². The average molecular weight is 236 g/mol. The summed E-state index contributed by atoms with van der Waals surface area (Å²) in [5.74, 6) is 0.436. The molecule has 8 nitrogen and oxygen atoms in total. The van der Waals surface area contributed by atoms with E-state index in [9.17, 15) is 4.79 Å². The standard InChI is InChI=1S/C9H12N6O2/c1-4-6-7(5(2)17-12-6)8(16)10-9-11-13-14-15(9)3/h4H2,1-3H3,(H,10,11,14,16). The number of tetrazole rings is 1. The number of nitrogens with zero attached hydrogens (tertiary/aromatic N) is 5. The van der Waals surface area contributed by atoms with Gasteiger partial charge in [0, 0.05) is 7.05 Å². The average Bonchev–Trinajstić information content (AvgIpc) is 2.85. The molecule has 0 atom stereocenters. The number of hydrogen-bond acceptors (Lipinski definition) is 6. The number of amides is 1. The van der Waals surface area contributed by atoms with Gasteiger partial charge in [-0.25, -0.2) is 4.68 Å². The van der Waals surface area contributed by atoms with E-state index in [1.165, 1.54) is 4.68 Å². The molecule has 2 rings (SSSR count). The van der Waals surface area contributed by atoms with Gasteiger partial charge in [0.15, 0.2) is 0 Å². The quantitative estimate of drug-likeness (QED) is 0.824. The Morgan fingerprint density at radius 2 is 2.29 bits per heavy atom. The molecule has 0 saturated carbocycles. The van der Waals surface area contributed by atoms with E-state index in [0.717, 1.165) is 0 Å². The fraction of sp³-hybridized carbons (Fsp3) is 0.444. The SMILES string of the molecule is CCc1noc(C)c1C(=O)Nc1nnnn1C. The molecule has 0 radical (unpaired) electrons. The molecule has 0 aliphatic carbocycles. The van der Waals surface area contributed by atoms with Crippen molar-refractivity contribution in [2.75, 3.05) is 5.32 Å². The van der Waals surface area contributed by atoms with E-state index in [0.29, 0.717) is 23.4 Å². The van der Waals surface area contributed by atoms with Gasteiger partial charge >= 0.3 is 0 Å². The lowest BCUT2D eigenvalue weighted by Crippen LogP contribution is -2.17. The van der Waals surface area contributed by atoms with Crippen molar-refractivity contribution >= 4 is 11.9 Å². The Morgan fingerprint density at radius 1 is 1.53 bits per heavy atom. The van der Waals surface area contributed by atoms with E-state index in [2.05, 4.69) is 26.0 Å². The predicted octanol–water partition coefficient (Wildman–Crippen LogP) is 0.321. The zero-order valence-electron chi connectivity index (χ0n) is 9.76. The third-order valence-electron chi connectivity index (χ3n) is 2.34. The van der Waals surface area contributed by atoms with Crippen molar-refractivity contribution in [2.24, 2.45) is 7.05 Å². The first-order valence-electron chi connectivity index (χ1n) is 5.12. The van der Waals surface area contributed by atoms with Gasteiger partial charge in [-0.3, -0.25) is 10.1 Å². The number of hydrogen-bond donors (Lipinski definition) is 1. The maximum absolute atomic E-state index is 12.0.